The van der Waals surface area contributed by atoms with Crippen LogP contribution in [0.3, 0.4) is 0 Å². The Bertz CT molecular complexity index is 2370. The van der Waals surface area contributed by atoms with Crippen molar-refractivity contribution >= 4 is 69.4 Å². The second-order valence-electron chi connectivity index (χ2n) is 17.3. The summed E-state index contributed by atoms with van der Waals surface area (Å²) in [6.07, 6.45) is 1.62. The number of unbranched alkanes of at least 4 members (excludes halogenated alkanes) is 3. The van der Waals surface area contributed by atoms with Crippen LogP contribution in [0.25, 0.3) is 10.4 Å². The highest BCUT2D eigenvalue weighted by molar-refractivity contribution is 9.10. The molecule has 0 saturated carbocycles. The van der Waals surface area contributed by atoms with E-state index in [0.717, 1.165) is 15.6 Å². The van der Waals surface area contributed by atoms with Crippen molar-refractivity contribution in [1.29, 1.82) is 0 Å². The van der Waals surface area contributed by atoms with Crippen molar-refractivity contribution in [2.45, 2.75) is 121 Å². The summed E-state index contributed by atoms with van der Waals surface area (Å²) < 4.78 is 0.852. The molecule has 7 amide bonds. The topological polar surface area (TPSA) is 359 Å². The lowest BCUT2D eigenvalue weighted by molar-refractivity contribution is -0.141. The molecule has 24 heteroatoms. The number of hydrogen-bond donors (Lipinski definition) is 10. The minimum atomic E-state index is -1.54. The fraction of sp³-hybridized carbons (Fsp3) is 0.460. The monoisotopic (exact) mass is 1090 g/mol. The van der Waals surface area contributed by atoms with E-state index >= 15 is 0 Å². The van der Waals surface area contributed by atoms with Gasteiger partial charge in [0.05, 0.1) is 0 Å². The summed E-state index contributed by atoms with van der Waals surface area (Å²) in [5.41, 5.74) is 10.8. The normalized spacial score (nSPS) is 12.3. The maximum absolute atomic E-state index is 13.8. The number of phenols is 1. The fourth-order valence-corrected chi connectivity index (χ4v) is 7.64. The van der Waals surface area contributed by atoms with Crippen LogP contribution in [0, 0.1) is 0 Å². The highest BCUT2D eigenvalue weighted by atomic mass is 79.9. The molecule has 0 fully saturated rings. The zero-order valence-corrected chi connectivity index (χ0v) is 42.5. The van der Waals surface area contributed by atoms with E-state index in [0.29, 0.717) is 37.7 Å². The number of amides is 7. The summed E-state index contributed by atoms with van der Waals surface area (Å²) in [6.45, 7) is 1.17. The number of benzene rings is 3. The molecular weight excluding hydrogens is 1030 g/mol. The molecule has 0 bridgehead atoms. The van der Waals surface area contributed by atoms with E-state index in [1.807, 2.05) is 24.3 Å². The third kappa shape index (κ3) is 25.1. The van der Waals surface area contributed by atoms with Gasteiger partial charge in [-0.05, 0) is 91.4 Å². The molecule has 0 radical (unpaired) electrons. The molecule has 0 aliphatic heterocycles. The van der Waals surface area contributed by atoms with Crippen molar-refractivity contribution in [1.82, 2.24) is 36.8 Å². The molecule has 3 aromatic carbocycles. The van der Waals surface area contributed by atoms with E-state index in [-0.39, 0.29) is 89.3 Å². The Morgan fingerprint density at radius 1 is 0.581 bits per heavy atom. The van der Waals surface area contributed by atoms with Gasteiger partial charge in [-0.25, -0.2) is 14.4 Å². The van der Waals surface area contributed by atoms with Crippen LogP contribution in [0.15, 0.2) is 88.4 Å². The maximum atomic E-state index is 13.8. The van der Waals surface area contributed by atoms with Crippen LogP contribution in [-0.4, -0.2) is 129 Å². The highest BCUT2D eigenvalue weighted by Gasteiger charge is 2.28. The van der Waals surface area contributed by atoms with E-state index in [4.69, 9.17) is 10.6 Å². The molecule has 400 valence electrons. The Balaban J connectivity index is 1.49. The SMILES string of the molecule is [N-]=[N+]=NCCCNC(=O)[C@H](Cc1ccc(O)cc1)NC(=O)[C@H](Cc1ccccc1)NC(=O)CCC(=O)NCCCCCC(=O)N(CCCC[C@H](NC(=O)N[C@@H](CCC(=O)O)C(=O)O)C(=O)O)Cc1ccc(Br)cc1. The van der Waals surface area contributed by atoms with E-state index in [1.54, 1.807) is 47.4 Å². The predicted molar refractivity (Wildman–Crippen MR) is 273 cm³/mol. The Labute approximate surface area is 436 Å². The summed E-state index contributed by atoms with van der Waals surface area (Å²) in [6, 6.07) is 16.3. The molecule has 0 aromatic heterocycles. The number of aromatic hydroxyl groups is 1. The number of azide groups is 1. The summed E-state index contributed by atoms with van der Waals surface area (Å²) in [4.78, 5) is 118. The van der Waals surface area contributed by atoms with Gasteiger partial charge in [0.2, 0.25) is 29.5 Å². The second-order valence-corrected chi connectivity index (χ2v) is 18.2. The zero-order chi connectivity index (χ0) is 54.3. The van der Waals surface area contributed by atoms with Crippen molar-refractivity contribution in [2.24, 2.45) is 5.11 Å². The number of carboxylic acids is 3. The Hall–Kier alpha value is -7.72. The first-order chi connectivity index (χ1) is 35.4. The lowest BCUT2D eigenvalue weighted by atomic mass is 10.0. The quantitative estimate of drug-likeness (QED) is 0.0169. The number of urea groups is 1. The predicted octanol–water partition coefficient (Wildman–Crippen LogP) is 4.45. The van der Waals surface area contributed by atoms with E-state index in [2.05, 4.69) is 57.9 Å². The number of rotatable bonds is 35. The standard InChI is InChI=1S/C50H65BrN10O13/c51-36-18-14-35(15-19-36)32-61(29-8-6-12-38(48(70)71)58-50(74)59-39(49(72)73)22-25-45(66)67)44(65)13-5-2-7-26-53-42(63)23-24-43(64)56-41(30-33-10-3-1-4-11-33)47(69)57-40(31-34-16-20-37(62)21-17-34)46(68)54-27-9-28-55-60-52/h1,3-4,10-11,14-21,38-41,62H,2,5-9,12-13,22-32H2,(H,53,63)(H,54,68)(H,56,64)(H,57,69)(H,66,67)(H,70,71)(H,72,73)(H2,58,59,74)/t38-,39-,40-,41-/m0/s1. The van der Waals surface area contributed by atoms with Gasteiger partial charge >= 0.3 is 23.9 Å². The van der Waals surface area contributed by atoms with Crippen molar-refractivity contribution in [3.8, 4) is 5.75 Å². The molecule has 0 saturated heterocycles. The van der Waals surface area contributed by atoms with Gasteiger partial charge in [-0.1, -0.05) is 82.1 Å². The molecule has 3 aromatic rings. The molecule has 0 aliphatic carbocycles. The number of carbonyl (C=O) groups is 9. The Kier molecular flexibility index (Phi) is 27.7. The van der Waals surface area contributed by atoms with Gasteiger partial charge in [0.15, 0.2) is 0 Å². The number of phenolic OH excluding ortho intramolecular Hbond substituents is 1. The lowest BCUT2D eigenvalue weighted by Gasteiger charge is -2.24. The van der Waals surface area contributed by atoms with Crippen molar-refractivity contribution in [2.75, 3.05) is 26.2 Å². The van der Waals surface area contributed by atoms with Crippen LogP contribution >= 0.6 is 15.9 Å². The molecule has 3 rings (SSSR count). The molecule has 0 heterocycles. The number of carboxylic acid groups (broad SMARTS) is 3. The van der Waals surface area contributed by atoms with Crippen LogP contribution in [0.2, 0.25) is 0 Å². The third-order valence-electron chi connectivity index (χ3n) is 11.4. The van der Waals surface area contributed by atoms with Gasteiger partial charge in [0, 0.05) is 80.6 Å². The summed E-state index contributed by atoms with van der Waals surface area (Å²) in [7, 11) is 0. The van der Waals surface area contributed by atoms with Gasteiger partial charge < -0.3 is 57.2 Å². The number of carbonyl (C=O) groups excluding carboxylic acids is 6. The van der Waals surface area contributed by atoms with Crippen LogP contribution < -0.4 is 31.9 Å². The van der Waals surface area contributed by atoms with Crippen LogP contribution in [0.4, 0.5) is 4.79 Å². The number of nitrogens with one attached hydrogen (secondary N) is 6. The number of halogens is 1. The molecule has 0 unspecified atom stereocenters. The fourth-order valence-electron chi connectivity index (χ4n) is 7.38. The zero-order valence-electron chi connectivity index (χ0n) is 40.9. The first-order valence-electron chi connectivity index (χ1n) is 24.2. The molecule has 23 nitrogen and oxygen atoms in total. The molecule has 0 spiro atoms. The lowest BCUT2D eigenvalue weighted by Crippen LogP contribution is -2.55. The molecule has 0 aliphatic rings. The average Bonchev–Trinajstić information content (AvgIpc) is 3.36. The van der Waals surface area contributed by atoms with E-state index < -0.39 is 84.6 Å². The summed E-state index contributed by atoms with van der Waals surface area (Å²) in [5, 5.41) is 56.4. The second kappa shape index (κ2) is 33.8. The van der Waals surface area contributed by atoms with Gasteiger partial charge in [0.1, 0.15) is 29.9 Å². The average molecular weight is 1090 g/mol. The van der Waals surface area contributed by atoms with Gasteiger partial charge in [-0.15, -0.1) is 0 Å². The minimum absolute atomic E-state index is 0.0239. The smallest absolute Gasteiger partial charge is 0.326 e. The summed E-state index contributed by atoms with van der Waals surface area (Å²) >= 11 is 3.40. The van der Waals surface area contributed by atoms with E-state index in [9.17, 15) is 58.5 Å². The van der Waals surface area contributed by atoms with Crippen LogP contribution in [0.5, 0.6) is 5.75 Å². The molecule has 4 atom stereocenters. The third-order valence-corrected chi connectivity index (χ3v) is 11.9. The maximum Gasteiger partial charge on any atom is 0.326 e. The van der Waals surface area contributed by atoms with Crippen molar-refractivity contribution in [3.05, 3.63) is 110 Å². The van der Waals surface area contributed by atoms with Gasteiger partial charge in [-0.2, -0.15) is 0 Å². The Morgan fingerprint density at radius 2 is 1.18 bits per heavy atom. The van der Waals surface area contributed by atoms with Crippen LogP contribution in [0.1, 0.15) is 93.7 Å². The van der Waals surface area contributed by atoms with E-state index in [1.165, 1.54) is 12.1 Å². The van der Waals surface area contributed by atoms with Gasteiger partial charge in [-0.3, -0.25) is 28.8 Å². The molecular formula is C50H65BrN10O13. The number of aliphatic carboxylic acids is 3. The molecule has 10 N–H and O–H groups in total. The minimum Gasteiger partial charge on any atom is -0.508 e. The first kappa shape index (κ1) is 60.6. The van der Waals surface area contributed by atoms with Gasteiger partial charge in [0.25, 0.3) is 0 Å². The van der Waals surface area contributed by atoms with Crippen molar-refractivity contribution in [3.63, 3.8) is 0 Å². The number of hydrogen-bond acceptors (Lipinski definition) is 11. The first-order valence-corrected chi connectivity index (χ1v) is 25.0. The van der Waals surface area contributed by atoms with Crippen LogP contribution in [-0.2, 0) is 57.7 Å². The van der Waals surface area contributed by atoms with Crippen molar-refractivity contribution < 1.29 is 63.6 Å². The largest absolute Gasteiger partial charge is 0.508 e. The summed E-state index contributed by atoms with van der Waals surface area (Å²) in [5.74, 6) is -6.32. The highest BCUT2D eigenvalue weighted by Crippen LogP contribution is 2.16. The Morgan fingerprint density at radius 3 is 1.81 bits per heavy atom. The number of nitrogens with zero attached hydrogens (tertiary/aromatic N) is 4. The molecule has 74 heavy (non-hydrogen) atoms.